The standard InChI is InChI=1S/C13H24N2.C2H6/c1-5-6-7-8-13-11-14(4)9-10-15(13)12(2)3;1-2/h12-13H,5-6,9-11H2,1-4H3;1-2H3. The Kier molecular flexibility index (Phi) is 9.21. The molecule has 0 radical (unpaired) electrons. The minimum Gasteiger partial charge on any atom is -0.303 e. The predicted octanol–water partition coefficient (Wildman–Crippen LogP) is 2.84. The van der Waals surface area contributed by atoms with Gasteiger partial charge in [-0.3, -0.25) is 4.90 Å². The third-order valence-electron chi connectivity index (χ3n) is 2.93. The van der Waals surface area contributed by atoms with Gasteiger partial charge in [0.25, 0.3) is 0 Å². The van der Waals surface area contributed by atoms with E-state index in [9.17, 15) is 0 Å². The van der Waals surface area contributed by atoms with Gasteiger partial charge in [-0.15, -0.1) is 5.92 Å². The van der Waals surface area contributed by atoms with Crippen LogP contribution in [0.2, 0.25) is 0 Å². The van der Waals surface area contributed by atoms with Crippen molar-refractivity contribution in [3.8, 4) is 11.8 Å². The molecule has 0 aliphatic carbocycles. The first-order chi connectivity index (χ1) is 8.15. The molecule has 1 rings (SSSR count). The zero-order chi connectivity index (χ0) is 13.3. The van der Waals surface area contributed by atoms with Crippen molar-refractivity contribution < 1.29 is 0 Å². The minimum atomic E-state index is 0.440. The predicted molar refractivity (Wildman–Crippen MR) is 77.2 cm³/mol. The molecule has 0 saturated carbocycles. The molecule has 100 valence electrons. The quantitative estimate of drug-likeness (QED) is 0.683. The molecule has 0 aromatic carbocycles. The van der Waals surface area contributed by atoms with Crippen molar-refractivity contribution in [1.82, 2.24) is 9.80 Å². The fourth-order valence-electron chi connectivity index (χ4n) is 2.00. The smallest absolute Gasteiger partial charge is 0.0845 e. The van der Waals surface area contributed by atoms with Crippen LogP contribution in [0.4, 0.5) is 0 Å². The Morgan fingerprint density at radius 1 is 1.24 bits per heavy atom. The molecule has 1 aliphatic heterocycles. The highest BCUT2D eigenvalue weighted by atomic mass is 15.3. The second-order valence-electron chi connectivity index (χ2n) is 4.68. The van der Waals surface area contributed by atoms with E-state index in [0.29, 0.717) is 12.1 Å². The Morgan fingerprint density at radius 3 is 2.41 bits per heavy atom. The van der Waals surface area contributed by atoms with Gasteiger partial charge in [0.2, 0.25) is 0 Å². The zero-order valence-corrected chi connectivity index (χ0v) is 12.6. The van der Waals surface area contributed by atoms with E-state index in [2.05, 4.69) is 49.5 Å². The number of hydrogen-bond donors (Lipinski definition) is 0. The van der Waals surface area contributed by atoms with Gasteiger partial charge in [-0.2, -0.15) is 0 Å². The van der Waals surface area contributed by atoms with Crippen molar-refractivity contribution in [2.24, 2.45) is 0 Å². The lowest BCUT2D eigenvalue weighted by atomic mass is 10.1. The van der Waals surface area contributed by atoms with Gasteiger partial charge in [-0.25, -0.2) is 0 Å². The first-order valence-electron chi connectivity index (χ1n) is 7.07. The molecule has 2 nitrogen and oxygen atoms in total. The summed E-state index contributed by atoms with van der Waals surface area (Å²) in [5, 5.41) is 0. The normalized spacial score (nSPS) is 21.5. The van der Waals surface area contributed by atoms with E-state index in [-0.39, 0.29) is 0 Å². The van der Waals surface area contributed by atoms with Crippen molar-refractivity contribution in [2.45, 2.75) is 59.5 Å². The van der Waals surface area contributed by atoms with Crippen LogP contribution >= 0.6 is 0 Å². The highest BCUT2D eigenvalue weighted by Gasteiger charge is 2.25. The van der Waals surface area contributed by atoms with Crippen LogP contribution in [-0.2, 0) is 0 Å². The molecular weight excluding hydrogens is 208 g/mol. The van der Waals surface area contributed by atoms with Crippen LogP contribution < -0.4 is 0 Å². The lowest BCUT2D eigenvalue weighted by Crippen LogP contribution is -2.53. The van der Waals surface area contributed by atoms with Gasteiger partial charge in [0.1, 0.15) is 0 Å². The Bertz CT molecular complexity index is 237. The summed E-state index contributed by atoms with van der Waals surface area (Å²) in [5.41, 5.74) is 0. The molecule has 0 aromatic heterocycles. The Balaban J connectivity index is 0.00000121. The maximum absolute atomic E-state index is 3.42. The summed E-state index contributed by atoms with van der Waals surface area (Å²) in [5.74, 6) is 6.71. The second-order valence-corrected chi connectivity index (χ2v) is 4.68. The zero-order valence-electron chi connectivity index (χ0n) is 12.6. The van der Waals surface area contributed by atoms with Crippen LogP contribution in [0, 0.1) is 11.8 Å². The molecule has 0 bridgehead atoms. The van der Waals surface area contributed by atoms with Crippen LogP contribution in [0.3, 0.4) is 0 Å². The van der Waals surface area contributed by atoms with Crippen molar-refractivity contribution in [3.05, 3.63) is 0 Å². The van der Waals surface area contributed by atoms with Crippen LogP contribution in [0.15, 0.2) is 0 Å². The SMILES string of the molecule is CC.CCCC#CC1CN(C)CCN1C(C)C. The Morgan fingerprint density at radius 2 is 1.88 bits per heavy atom. The number of likely N-dealkylation sites (N-methyl/N-ethyl adjacent to an activating group) is 1. The van der Waals surface area contributed by atoms with Gasteiger partial charge in [0, 0.05) is 32.1 Å². The summed E-state index contributed by atoms with van der Waals surface area (Å²) in [6, 6.07) is 1.05. The lowest BCUT2D eigenvalue weighted by Gasteiger charge is -2.39. The van der Waals surface area contributed by atoms with Crippen molar-refractivity contribution in [3.63, 3.8) is 0 Å². The largest absolute Gasteiger partial charge is 0.303 e. The molecule has 0 aromatic rings. The summed E-state index contributed by atoms with van der Waals surface area (Å²) in [7, 11) is 2.19. The van der Waals surface area contributed by atoms with Gasteiger partial charge < -0.3 is 4.90 Å². The molecular formula is C15H30N2. The van der Waals surface area contributed by atoms with Crippen LogP contribution in [0.5, 0.6) is 0 Å². The van der Waals surface area contributed by atoms with Crippen molar-refractivity contribution in [2.75, 3.05) is 26.7 Å². The van der Waals surface area contributed by atoms with E-state index >= 15 is 0 Å². The number of rotatable bonds is 2. The van der Waals surface area contributed by atoms with Crippen molar-refractivity contribution >= 4 is 0 Å². The molecule has 1 fully saturated rings. The second kappa shape index (κ2) is 9.50. The summed E-state index contributed by atoms with van der Waals surface area (Å²) < 4.78 is 0. The van der Waals surface area contributed by atoms with E-state index in [0.717, 1.165) is 25.9 Å². The fraction of sp³-hybridized carbons (Fsp3) is 0.867. The van der Waals surface area contributed by atoms with E-state index in [1.807, 2.05) is 13.8 Å². The first-order valence-corrected chi connectivity index (χ1v) is 7.07. The minimum absolute atomic E-state index is 0.440. The van der Waals surface area contributed by atoms with E-state index < -0.39 is 0 Å². The van der Waals surface area contributed by atoms with Gasteiger partial charge >= 0.3 is 0 Å². The van der Waals surface area contributed by atoms with Crippen molar-refractivity contribution in [1.29, 1.82) is 0 Å². The third-order valence-corrected chi connectivity index (χ3v) is 2.93. The molecule has 17 heavy (non-hydrogen) atoms. The number of unbranched alkanes of at least 4 members (excludes halogenated alkanes) is 1. The first kappa shape index (κ1) is 16.5. The average molecular weight is 238 g/mol. The highest BCUT2D eigenvalue weighted by Crippen LogP contribution is 2.11. The van der Waals surface area contributed by atoms with Gasteiger partial charge in [-0.05, 0) is 27.3 Å². The Labute approximate surface area is 108 Å². The topological polar surface area (TPSA) is 6.48 Å². The molecule has 1 saturated heterocycles. The van der Waals surface area contributed by atoms with E-state index in [1.165, 1.54) is 6.54 Å². The fourth-order valence-corrected chi connectivity index (χ4v) is 2.00. The number of piperazine rings is 1. The summed E-state index contributed by atoms with van der Waals surface area (Å²) in [6.45, 7) is 14.1. The van der Waals surface area contributed by atoms with Crippen LogP contribution in [-0.4, -0.2) is 48.6 Å². The molecule has 1 unspecified atom stereocenters. The maximum atomic E-state index is 3.42. The maximum Gasteiger partial charge on any atom is 0.0845 e. The number of hydrogen-bond acceptors (Lipinski definition) is 2. The molecule has 1 heterocycles. The molecule has 2 heteroatoms. The third kappa shape index (κ3) is 6.10. The average Bonchev–Trinajstić information content (AvgIpc) is 2.32. The highest BCUT2D eigenvalue weighted by molar-refractivity contribution is 5.10. The van der Waals surface area contributed by atoms with Gasteiger partial charge in [0.05, 0.1) is 6.04 Å². The number of nitrogens with zero attached hydrogens (tertiary/aromatic N) is 2. The van der Waals surface area contributed by atoms with Gasteiger partial charge in [-0.1, -0.05) is 26.7 Å². The molecule has 0 amide bonds. The summed E-state index contributed by atoms with van der Waals surface area (Å²) >= 11 is 0. The van der Waals surface area contributed by atoms with E-state index in [1.54, 1.807) is 0 Å². The van der Waals surface area contributed by atoms with Crippen LogP contribution in [0.25, 0.3) is 0 Å². The van der Waals surface area contributed by atoms with Crippen LogP contribution in [0.1, 0.15) is 47.5 Å². The summed E-state index contributed by atoms with van der Waals surface area (Å²) in [6.07, 6.45) is 2.20. The monoisotopic (exact) mass is 238 g/mol. The summed E-state index contributed by atoms with van der Waals surface area (Å²) in [4.78, 5) is 4.90. The molecule has 1 atom stereocenters. The lowest BCUT2D eigenvalue weighted by molar-refractivity contribution is 0.0929. The van der Waals surface area contributed by atoms with Gasteiger partial charge in [0.15, 0.2) is 0 Å². The molecule has 0 N–H and O–H groups in total. The van der Waals surface area contributed by atoms with E-state index in [4.69, 9.17) is 0 Å². The Hall–Kier alpha value is -0.520. The molecule has 1 aliphatic rings. The molecule has 0 spiro atoms.